The molecule has 1 atom stereocenters. The van der Waals surface area contributed by atoms with Crippen LogP contribution in [0.1, 0.15) is 74.1 Å². The molecule has 0 spiro atoms. The van der Waals surface area contributed by atoms with Gasteiger partial charge in [0.2, 0.25) is 0 Å². The lowest BCUT2D eigenvalue weighted by atomic mass is 9.98. The summed E-state index contributed by atoms with van der Waals surface area (Å²) in [6.07, 6.45) is 3.01. The molecule has 5 nitrogen and oxygen atoms in total. The first-order valence-corrected chi connectivity index (χ1v) is 10.2. The van der Waals surface area contributed by atoms with Gasteiger partial charge in [0.05, 0.1) is 19.1 Å². The Balaban J connectivity index is 5.08. The van der Waals surface area contributed by atoms with Crippen LogP contribution in [-0.4, -0.2) is 54.0 Å². The molecular formula is C21H40N2O3. The zero-order valence-electron chi connectivity index (χ0n) is 17.9. The molecule has 152 valence electrons. The predicted molar refractivity (Wildman–Crippen MR) is 107 cm³/mol. The van der Waals surface area contributed by atoms with Crippen LogP contribution >= 0.6 is 0 Å². The largest absolute Gasteiger partial charge is 0.315 e. The highest BCUT2D eigenvalue weighted by atomic mass is 16.1. The van der Waals surface area contributed by atoms with Gasteiger partial charge in [0.1, 0.15) is 17.3 Å². The van der Waals surface area contributed by atoms with Gasteiger partial charge in [-0.05, 0) is 19.4 Å². The Morgan fingerprint density at radius 2 is 1.31 bits per heavy atom. The van der Waals surface area contributed by atoms with E-state index >= 15 is 0 Å². The van der Waals surface area contributed by atoms with Crippen LogP contribution in [0.25, 0.3) is 0 Å². The molecule has 0 saturated heterocycles. The van der Waals surface area contributed by atoms with Crippen LogP contribution in [0.4, 0.5) is 0 Å². The number of unbranched alkanes of at least 4 members (excludes halogenated alkanes) is 1. The lowest BCUT2D eigenvalue weighted by molar-refractivity contribution is -0.131. The Morgan fingerprint density at radius 1 is 0.808 bits per heavy atom. The van der Waals surface area contributed by atoms with Crippen molar-refractivity contribution in [2.24, 2.45) is 11.8 Å². The van der Waals surface area contributed by atoms with Crippen molar-refractivity contribution in [2.75, 3.05) is 19.6 Å². The second-order valence-corrected chi connectivity index (χ2v) is 8.09. The summed E-state index contributed by atoms with van der Waals surface area (Å²) >= 11 is 0. The van der Waals surface area contributed by atoms with E-state index in [9.17, 15) is 14.4 Å². The van der Waals surface area contributed by atoms with E-state index < -0.39 is 0 Å². The monoisotopic (exact) mass is 368 g/mol. The standard InChI is InChI=1S/C21H40N2O3/c1-8-19(24)18(11-9-10-12-22-17(6)7)23(13-20(25)15(2)3)14-21(26)16(4)5/h15-18,22H,8-14H2,1-7H3. The van der Waals surface area contributed by atoms with Crippen LogP contribution in [0.5, 0.6) is 0 Å². The lowest BCUT2D eigenvalue weighted by Gasteiger charge is -2.30. The second-order valence-electron chi connectivity index (χ2n) is 8.09. The van der Waals surface area contributed by atoms with Crippen molar-refractivity contribution in [3.63, 3.8) is 0 Å². The molecule has 0 aliphatic carbocycles. The minimum absolute atomic E-state index is 0.0805. The smallest absolute Gasteiger partial charge is 0.149 e. The average Bonchev–Trinajstić information content (AvgIpc) is 2.56. The zero-order valence-corrected chi connectivity index (χ0v) is 17.9. The highest BCUT2D eigenvalue weighted by Gasteiger charge is 2.28. The number of nitrogens with zero attached hydrogens (tertiary/aromatic N) is 1. The molecule has 0 aromatic heterocycles. The average molecular weight is 369 g/mol. The Bertz CT molecular complexity index is 423. The topological polar surface area (TPSA) is 66.5 Å². The molecule has 0 radical (unpaired) electrons. The molecular weight excluding hydrogens is 328 g/mol. The number of carbonyl (C=O) groups is 3. The fraction of sp³-hybridized carbons (Fsp3) is 0.857. The highest BCUT2D eigenvalue weighted by molar-refractivity contribution is 5.88. The first-order valence-electron chi connectivity index (χ1n) is 10.2. The van der Waals surface area contributed by atoms with Crippen LogP contribution in [0, 0.1) is 11.8 Å². The Kier molecular flexibility index (Phi) is 12.6. The number of hydrogen-bond acceptors (Lipinski definition) is 5. The third kappa shape index (κ3) is 10.2. The van der Waals surface area contributed by atoms with Crippen molar-refractivity contribution in [2.45, 2.75) is 86.2 Å². The summed E-state index contributed by atoms with van der Waals surface area (Å²) in [6, 6.07) is 0.108. The summed E-state index contributed by atoms with van der Waals surface area (Å²) in [5.41, 5.74) is 0. The van der Waals surface area contributed by atoms with Crippen LogP contribution in [0.15, 0.2) is 0 Å². The molecule has 0 aliphatic heterocycles. The van der Waals surface area contributed by atoms with Crippen molar-refractivity contribution in [1.82, 2.24) is 10.2 Å². The van der Waals surface area contributed by atoms with E-state index in [0.717, 1.165) is 19.4 Å². The predicted octanol–water partition coefficient (Wildman–Crippen LogP) is 3.25. The molecule has 0 aromatic rings. The maximum Gasteiger partial charge on any atom is 0.149 e. The Morgan fingerprint density at radius 3 is 1.69 bits per heavy atom. The molecule has 0 heterocycles. The molecule has 26 heavy (non-hydrogen) atoms. The van der Waals surface area contributed by atoms with Crippen LogP contribution in [-0.2, 0) is 14.4 Å². The minimum atomic E-state index is -0.343. The van der Waals surface area contributed by atoms with Gasteiger partial charge >= 0.3 is 0 Å². The van der Waals surface area contributed by atoms with Gasteiger partial charge in [0, 0.05) is 24.3 Å². The van der Waals surface area contributed by atoms with Gasteiger partial charge in [0.25, 0.3) is 0 Å². The normalized spacial score (nSPS) is 13.0. The zero-order chi connectivity index (χ0) is 20.3. The molecule has 0 aliphatic rings. The fourth-order valence-electron chi connectivity index (χ4n) is 2.68. The van der Waals surface area contributed by atoms with Crippen molar-refractivity contribution in [1.29, 1.82) is 0 Å². The maximum absolute atomic E-state index is 12.5. The van der Waals surface area contributed by atoms with Gasteiger partial charge in [-0.3, -0.25) is 19.3 Å². The SMILES string of the molecule is CCC(=O)C(CCCCNC(C)C)N(CC(=O)C(C)C)CC(=O)C(C)C. The number of ketones is 3. The number of carbonyl (C=O) groups excluding carboxylic acids is 3. The number of Topliss-reactive ketones (excluding diaryl/α,β-unsaturated/α-hetero) is 3. The first kappa shape index (κ1) is 24.9. The lowest BCUT2D eigenvalue weighted by Crippen LogP contribution is -2.47. The minimum Gasteiger partial charge on any atom is -0.315 e. The molecule has 0 rings (SSSR count). The Hall–Kier alpha value is -1.07. The van der Waals surface area contributed by atoms with Gasteiger partial charge in [-0.15, -0.1) is 0 Å². The fourth-order valence-corrected chi connectivity index (χ4v) is 2.68. The van der Waals surface area contributed by atoms with E-state index in [0.29, 0.717) is 18.9 Å². The summed E-state index contributed by atoms with van der Waals surface area (Å²) in [7, 11) is 0. The summed E-state index contributed by atoms with van der Waals surface area (Å²) in [5, 5.41) is 3.38. The number of nitrogens with one attached hydrogen (secondary N) is 1. The molecule has 1 N–H and O–H groups in total. The van der Waals surface area contributed by atoms with Crippen LogP contribution in [0.3, 0.4) is 0 Å². The van der Waals surface area contributed by atoms with Gasteiger partial charge in [-0.25, -0.2) is 0 Å². The maximum atomic E-state index is 12.5. The highest BCUT2D eigenvalue weighted by Crippen LogP contribution is 2.15. The molecule has 0 fully saturated rings. The van der Waals surface area contributed by atoms with E-state index in [4.69, 9.17) is 0 Å². The third-order valence-electron chi connectivity index (χ3n) is 4.62. The summed E-state index contributed by atoms with van der Waals surface area (Å²) in [4.78, 5) is 39.0. The van der Waals surface area contributed by atoms with E-state index in [2.05, 4.69) is 19.2 Å². The molecule has 0 aromatic carbocycles. The van der Waals surface area contributed by atoms with Crippen molar-refractivity contribution in [3.05, 3.63) is 0 Å². The van der Waals surface area contributed by atoms with Gasteiger partial charge in [-0.1, -0.05) is 54.9 Å². The molecule has 0 saturated carbocycles. The quantitative estimate of drug-likeness (QED) is 0.449. The summed E-state index contributed by atoms with van der Waals surface area (Å²) in [5.74, 6) is 0.0855. The van der Waals surface area contributed by atoms with E-state index in [1.807, 2.05) is 39.5 Å². The Labute approximate surface area is 160 Å². The van der Waals surface area contributed by atoms with Gasteiger partial charge < -0.3 is 5.32 Å². The molecule has 0 amide bonds. The van der Waals surface area contributed by atoms with E-state index in [-0.39, 0.29) is 48.3 Å². The second kappa shape index (κ2) is 13.2. The van der Waals surface area contributed by atoms with Gasteiger partial charge in [-0.2, -0.15) is 0 Å². The van der Waals surface area contributed by atoms with Crippen molar-refractivity contribution >= 4 is 17.3 Å². The summed E-state index contributed by atoms with van der Waals surface area (Å²) < 4.78 is 0. The van der Waals surface area contributed by atoms with E-state index in [1.54, 1.807) is 0 Å². The number of hydrogen-bond donors (Lipinski definition) is 1. The molecule has 5 heteroatoms. The van der Waals surface area contributed by atoms with Crippen molar-refractivity contribution in [3.8, 4) is 0 Å². The van der Waals surface area contributed by atoms with Gasteiger partial charge in [0.15, 0.2) is 0 Å². The number of rotatable bonds is 15. The van der Waals surface area contributed by atoms with Crippen LogP contribution < -0.4 is 5.32 Å². The van der Waals surface area contributed by atoms with E-state index in [1.165, 1.54) is 0 Å². The van der Waals surface area contributed by atoms with Crippen molar-refractivity contribution < 1.29 is 14.4 Å². The summed E-state index contributed by atoms with van der Waals surface area (Å²) in [6.45, 7) is 14.8. The molecule has 1 unspecified atom stereocenters. The van der Waals surface area contributed by atoms with Crippen LogP contribution in [0.2, 0.25) is 0 Å². The third-order valence-corrected chi connectivity index (χ3v) is 4.62. The first-order chi connectivity index (χ1) is 12.1. The molecule has 0 bridgehead atoms.